The van der Waals surface area contributed by atoms with Gasteiger partial charge in [-0.1, -0.05) is 0 Å². The SMILES string of the molecule is CC(O)CN1CC2CCC(CC2)C1. The van der Waals surface area contributed by atoms with Gasteiger partial charge in [-0.3, -0.25) is 0 Å². The van der Waals surface area contributed by atoms with Crippen LogP contribution >= 0.6 is 0 Å². The highest BCUT2D eigenvalue weighted by Gasteiger charge is 2.29. The first kappa shape index (κ1) is 9.47. The van der Waals surface area contributed by atoms with Crippen molar-refractivity contribution in [1.29, 1.82) is 0 Å². The van der Waals surface area contributed by atoms with Gasteiger partial charge in [-0.05, 0) is 44.4 Å². The van der Waals surface area contributed by atoms with Crippen molar-refractivity contribution in [1.82, 2.24) is 4.90 Å². The van der Waals surface area contributed by atoms with Crippen molar-refractivity contribution in [2.75, 3.05) is 19.6 Å². The third kappa shape index (κ3) is 2.44. The molecule has 0 spiro atoms. The standard InChI is InChI=1S/C11H21NO/c1-9(13)6-12-7-10-2-3-11(8-12)5-4-10/h9-11,13H,2-8H2,1H3. The average molecular weight is 183 g/mol. The van der Waals surface area contributed by atoms with E-state index in [2.05, 4.69) is 4.90 Å². The van der Waals surface area contributed by atoms with Crippen molar-refractivity contribution in [3.8, 4) is 0 Å². The maximum Gasteiger partial charge on any atom is 0.0639 e. The quantitative estimate of drug-likeness (QED) is 0.701. The minimum Gasteiger partial charge on any atom is -0.392 e. The molecule has 3 rings (SSSR count). The van der Waals surface area contributed by atoms with E-state index in [9.17, 15) is 5.11 Å². The lowest BCUT2D eigenvalue weighted by molar-refractivity contribution is 0.120. The number of rotatable bonds is 2. The molecule has 1 N–H and O–H groups in total. The molecule has 76 valence electrons. The molecule has 2 heterocycles. The molecular formula is C11H21NO. The van der Waals surface area contributed by atoms with Gasteiger partial charge in [-0.25, -0.2) is 0 Å². The largest absolute Gasteiger partial charge is 0.392 e. The highest BCUT2D eigenvalue weighted by Crippen LogP contribution is 2.33. The lowest BCUT2D eigenvalue weighted by Gasteiger charge is -2.23. The molecule has 2 nitrogen and oxygen atoms in total. The van der Waals surface area contributed by atoms with E-state index in [1.807, 2.05) is 6.92 Å². The second-order valence-electron chi connectivity index (χ2n) is 4.95. The van der Waals surface area contributed by atoms with E-state index in [4.69, 9.17) is 0 Å². The Kier molecular flexibility index (Phi) is 2.89. The number of fused-ring (bicyclic) bond motifs is 4. The van der Waals surface area contributed by atoms with Gasteiger partial charge < -0.3 is 10.0 Å². The molecule has 0 aromatic rings. The Balaban J connectivity index is 1.91. The highest BCUT2D eigenvalue weighted by molar-refractivity contribution is 4.82. The van der Waals surface area contributed by atoms with Crippen LogP contribution in [0.15, 0.2) is 0 Å². The van der Waals surface area contributed by atoms with Gasteiger partial charge in [0.15, 0.2) is 0 Å². The van der Waals surface area contributed by atoms with E-state index in [0.717, 1.165) is 18.4 Å². The summed E-state index contributed by atoms with van der Waals surface area (Å²) in [5.74, 6) is 1.86. The fraction of sp³-hybridized carbons (Fsp3) is 1.00. The molecule has 1 aliphatic carbocycles. The maximum absolute atomic E-state index is 9.35. The molecule has 2 saturated heterocycles. The van der Waals surface area contributed by atoms with Gasteiger partial charge in [-0.2, -0.15) is 0 Å². The van der Waals surface area contributed by atoms with Crippen molar-refractivity contribution in [3.63, 3.8) is 0 Å². The van der Waals surface area contributed by atoms with Gasteiger partial charge in [0, 0.05) is 19.6 Å². The van der Waals surface area contributed by atoms with Crippen molar-refractivity contribution in [2.24, 2.45) is 11.8 Å². The molecule has 2 bridgehead atoms. The Morgan fingerprint density at radius 1 is 1.15 bits per heavy atom. The Hall–Kier alpha value is -0.0800. The fourth-order valence-electron chi connectivity index (χ4n) is 2.92. The number of hydrogen-bond acceptors (Lipinski definition) is 2. The number of hydrogen-bond donors (Lipinski definition) is 1. The molecule has 0 radical (unpaired) electrons. The third-order valence-electron chi connectivity index (χ3n) is 3.52. The Labute approximate surface area is 80.9 Å². The van der Waals surface area contributed by atoms with E-state index in [0.29, 0.717) is 0 Å². The van der Waals surface area contributed by atoms with E-state index in [1.165, 1.54) is 38.8 Å². The van der Waals surface area contributed by atoms with Crippen LogP contribution in [0.25, 0.3) is 0 Å². The van der Waals surface area contributed by atoms with Crippen LogP contribution in [0.5, 0.6) is 0 Å². The van der Waals surface area contributed by atoms with Crippen molar-refractivity contribution in [2.45, 2.75) is 38.7 Å². The summed E-state index contributed by atoms with van der Waals surface area (Å²) in [5, 5.41) is 9.35. The molecule has 1 atom stereocenters. The van der Waals surface area contributed by atoms with Crippen LogP contribution < -0.4 is 0 Å². The van der Waals surface area contributed by atoms with Crippen LogP contribution in [0.1, 0.15) is 32.6 Å². The lowest BCUT2D eigenvalue weighted by Crippen LogP contribution is -2.34. The summed E-state index contributed by atoms with van der Waals surface area (Å²) in [6, 6.07) is 0. The summed E-state index contributed by atoms with van der Waals surface area (Å²) in [7, 11) is 0. The second kappa shape index (κ2) is 3.97. The highest BCUT2D eigenvalue weighted by atomic mass is 16.3. The zero-order valence-electron chi connectivity index (χ0n) is 8.58. The van der Waals surface area contributed by atoms with E-state index in [1.54, 1.807) is 0 Å². The molecule has 0 aromatic carbocycles. The first-order chi connectivity index (χ1) is 6.24. The van der Waals surface area contributed by atoms with Crippen LogP contribution in [0.3, 0.4) is 0 Å². The van der Waals surface area contributed by atoms with Gasteiger partial charge in [-0.15, -0.1) is 0 Å². The Morgan fingerprint density at radius 3 is 2.00 bits per heavy atom. The Bertz CT molecular complexity index is 147. The molecule has 3 fully saturated rings. The average Bonchev–Trinajstić information content (AvgIpc) is 2.34. The second-order valence-corrected chi connectivity index (χ2v) is 4.95. The summed E-state index contributed by atoms with van der Waals surface area (Å²) >= 11 is 0. The van der Waals surface area contributed by atoms with Crippen molar-refractivity contribution in [3.05, 3.63) is 0 Å². The minimum absolute atomic E-state index is 0.155. The monoisotopic (exact) mass is 183 g/mol. The van der Waals surface area contributed by atoms with Gasteiger partial charge in [0.25, 0.3) is 0 Å². The summed E-state index contributed by atoms with van der Waals surface area (Å²) in [6.07, 6.45) is 5.57. The first-order valence-electron chi connectivity index (χ1n) is 5.64. The van der Waals surface area contributed by atoms with Crippen LogP contribution in [-0.4, -0.2) is 35.7 Å². The van der Waals surface area contributed by atoms with Crippen molar-refractivity contribution >= 4 is 0 Å². The molecule has 0 aromatic heterocycles. The molecular weight excluding hydrogens is 162 g/mol. The molecule has 1 unspecified atom stereocenters. The molecule has 2 aliphatic heterocycles. The minimum atomic E-state index is -0.155. The normalized spacial score (nSPS) is 37.4. The zero-order chi connectivity index (χ0) is 9.26. The van der Waals surface area contributed by atoms with Gasteiger partial charge in [0.1, 0.15) is 0 Å². The lowest BCUT2D eigenvalue weighted by atomic mass is 9.84. The van der Waals surface area contributed by atoms with Crippen LogP contribution in [0.2, 0.25) is 0 Å². The molecule has 1 saturated carbocycles. The van der Waals surface area contributed by atoms with Crippen molar-refractivity contribution < 1.29 is 5.11 Å². The summed E-state index contributed by atoms with van der Waals surface area (Å²) < 4.78 is 0. The topological polar surface area (TPSA) is 23.5 Å². The van der Waals surface area contributed by atoms with Crippen LogP contribution in [-0.2, 0) is 0 Å². The number of nitrogens with zero attached hydrogens (tertiary/aromatic N) is 1. The zero-order valence-corrected chi connectivity index (χ0v) is 8.58. The summed E-state index contributed by atoms with van der Waals surface area (Å²) in [5.41, 5.74) is 0. The smallest absolute Gasteiger partial charge is 0.0639 e. The maximum atomic E-state index is 9.35. The predicted molar refractivity (Wildman–Crippen MR) is 53.6 cm³/mol. The van der Waals surface area contributed by atoms with E-state index in [-0.39, 0.29) is 6.10 Å². The fourth-order valence-corrected chi connectivity index (χ4v) is 2.92. The van der Waals surface area contributed by atoms with Gasteiger partial charge >= 0.3 is 0 Å². The first-order valence-corrected chi connectivity index (χ1v) is 5.64. The molecule has 2 heteroatoms. The Morgan fingerprint density at radius 2 is 1.62 bits per heavy atom. The van der Waals surface area contributed by atoms with Crippen LogP contribution in [0, 0.1) is 11.8 Å². The van der Waals surface area contributed by atoms with E-state index < -0.39 is 0 Å². The number of aliphatic hydroxyl groups is 1. The third-order valence-corrected chi connectivity index (χ3v) is 3.52. The van der Waals surface area contributed by atoms with Gasteiger partial charge in [0.2, 0.25) is 0 Å². The van der Waals surface area contributed by atoms with E-state index >= 15 is 0 Å². The molecule has 0 amide bonds. The predicted octanol–water partition coefficient (Wildman–Crippen LogP) is 1.49. The summed E-state index contributed by atoms with van der Waals surface area (Å²) in [4.78, 5) is 2.47. The summed E-state index contributed by atoms with van der Waals surface area (Å²) in [6.45, 7) is 5.25. The van der Waals surface area contributed by atoms with Gasteiger partial charge in [0.05, 0.1) is 6.10 Å². The number of aliphatic hydroxyl groups excluding tert-OH is 1. The molecule has 3 aliphatic rings. The molecule has 13 heavy (non-hydrogen) atoms. The van der Waals surface area contributed by atoms with Crippen LogP contribution in [0.4, 0.5) is 0 Å².